The Morgan fingerprint density at radius 1 is 1.43 bits per heavy atom. The molecule has 0 heterocycles. The summed E-state index contributed by atoms with van der Waals surface area (Å²) >= 11 is 2.99. The van der Waals surface area contributed by atoms with Crippen LogP contribution in [0.25, 0.3) is 0 Å². The number of phenolic OH excluding ortho intramolecular Hbond substituents is 2. The van der Waals surface area contributed by atoms with E-state index in [4.69, 9.17) is 4.74 Å². The number of ether oxygens (including phenoxy) is 1. The van der Waals surface area contributed by atoms with E-state index in [1.807, 2.05) is 0 Å². The second-order valence-corrected chi connectivity index (χ2v) is 3.16. The van der Waals surface area contributed by atoms with E-state index in [0.29, 0.717) is 0 Å². The largest absolute Gasteiger partial charge is 0.507 e. The maximum absolute atomic E-state index is 11.3. The zero-order valence-corrected chi connectivity index (χ0v) is 9.04. The molecule has 0 aliphatic rings. The number of hydrogen-bond donors (Lipinski definition) is 2. The van der Waals surface area contributed by atoms with Gasteiger partial charge in [0.05, 0.1) is 18.0 Å². The van der Waals surface area contributed by atoms with Crippen LogP contribution in [-0.4, -0.2) is 28.4 Å². The van der Waals surface area contributed by atoms with E-state index < -0.39 is 0 Å². The fourth-order valence-electron chi connectivity index (χ4n) is 1.02. The highest BCUT2D eigenvalue weighted by Crippen LogP contribution is 2.33. The minimum atomic E-state index is -0.277. The third kappa shape index (κ3) is 1.98. The summed E-state index contributed by atoms with van der Waals surface area (Å²) in [5.41, 5.74) is 0.122. The van der Waals surface area contributed by atoms with Crippen molar-refractivity contribution in [1.82, 2.24) is 0 Å². The molecule has 5 heteroatoms. The van der Waals surface area contributed by atoms with E-state index in [9.17, 15) is 15.0 Å². The fraction of sp³-hybridized carbons (Fsp3) is 0.222. The molecule has 4 nitrogen and oxygen atoms in total. The van der Waals surface area contributed by atoms with Gasteiger partial charge < -0.3 is 14.9 Å². The minimum Gasteiger partial charge on any atom is -0.507 e. The molecular formula is C9H9BrO4. The molecule has 0 aliphatic carbocycles. The third-order valence-electron chi connectivity index (χ3n) is 1.72. The summed E-state index contributed by atoms with van der Waals surface area (Å²) in [4.78, 5) is 11.3. The Hall–Kier alpha value is -1.23. The molecule has 0 bridgehead atoms. The van der Waals surface area contributed by atoms with Gasteiger partial charge in [-0.2, -0.15) is 0 Å². The van der Waals surface area contributed by atoms with Gasteiger partial charge in [0.25, 0.3) is 0 Å². The molecule has 0 saturated heterocycles. The first kappa shape index (κ1) is 10.8. The van der Waals surface area contributed by atoms with Crippen molar-refractivity contribution in [1.29, 1.82) is 0 Å². The van der Waals surface area contributed by atoms with Crippen molar-refractivity contribution in [3.05, 3.63) is 17.7 Å². The van der Waals surface area contributed by atoms with Crippen molar-refractivity contribution in [3.63, 3.8) is 0 Å². The highest BCUT2D eigenvalue weighted by Gasteiger charge is 2.14. The average molecular weight is 261 g/mol. The SMILES string of the molecule is COc1cc(C(=O)CBr)c(O)cc1O. The van der Waals surface area contributed by atoms with Gasteiger partial charge in [-0.3, -0.25) is 4.79 Å². The first-order valence-electron chi connectivity index (χ1n) is 3.79. The van der Waals surface area contributed by atoms with Crippen molar-refractivity contribution in [2.24, 2.45) is 0 Å². The van der Waals surface area contributed by atoms with Crippen molar-refractivity contribution in [3.8, 4) is 17.2 Å². The van der Waals surface area contributed by atoms with E-state index in [0.717, 1.165) is 6.07 Å². The molecule has 0 unspecified atom stereocenters. The predicted molar refractivity (Wildman–Crippen MR) is 54.4 cm³/mol. The van der Waals surface area contributed by atoms with Crippen LogP contribution in [0.1, 0.15) is 10.4 Å². The molecule has 2 N–H and O–H groups in total. The van der Waals surface area contributed by atoms with Gasteiger partial charge in [-0.05, 0) is 6.07 Å². The molecule has 1 aromatic rings. The van der Waals surface area contributed by atoms with Crippen molar-refractivity contribution >= 4 is 21.7 Å². The molecule has 0 saturated carbocycles. The highest BCUT2D eigenvalue weighted by molar-refractivity contribution is 9.09. The van der Waals surface area contributed by atoms with E-state index in [1.54, 1.807) is 0 Å². The molecule has 0 atom stereocenters. The van der Waals surface area contributed by atoms with Crippen LogP contribution in [0.3, 0.4) is 0 Å². The summed E-state index contributed by atoms with van der Waals surface area (Å²) < 4.78 is 4.81. The standard InChI is InChI=1S/C9H9BrO4/c1-14-9-2-5(8(13)4-10)6(11)3-7(9)12/h2-3,11-12H,4H2,1H3. The number of aromatic hydroxyl groups is 2. The zero-order valence-electron chi connectivity index (χ0n) is 7.45. The van der Waals surface area contributed by atoms with E-state index >= 15 is 0 Å². The van der Waals surface area contributed by atoms with Gasteiger partial charge >= 0.3 is 0 Å². The number of alkyl halides is 1. The Bertz CT molecular complexity index is 362. The maximum atomic E-state index is 11.3. The topological polar surface area (TPSA) is 66.8 Å². The highest BCUT2D eigenvalue weighted by atomic mass is 79.9. The normalized spacial score (nSPS) is 9.86. The van der Waals surface area contributed by atoms with E-state index in [1.165, 1.54) is 13.2 Å². The second kappa shape index (κ2) is 4.32. The number of hydrogen-bond acceptors (Lipinski definition) is 4. The molecule has 1 rings (SSSR count). The monoisotopic (exact) mass is 260 g/mol. The Labute approximate surface area is 89.3 Å². The van der Waals surface area contributed by atoms with Crippen LogP contribution >= 0.6 is 15.9 Å². The zero-order chi connectivity index (χ0) is 10.7. The van der Waals surface area contributed by atoms with Crippen LogP contribution < -0.4 is 4.74 Å². The lowest BCUT2D eigenvalue weighted by Gasteiger charge is -2.07. The van der Waals surface area contributed by atoms with Gasteiger partial charge in [-0.25, -0.2) is 0 Å². The van der Waals surface area contributed by atoms with Crippen molar-refractivity contribution in [2.75, 3.05) is 12.4 Å². The van der Waals surface area contributed by atoms with Gasteiger partial charge in [0.15, 0.2) is 17.3 Å². The smallest absolute Gasteiger partial charge is 0.177 e. The Balaban J connectivity index is 3.24. The number of phenols is 2. The second-order valence-electron chi connectivity index (χ2n) is 2.60. The van der Waals surface area contributed by atoms with Crippen molar-refractivity contribution < 1.29 is 19.7 Å². The summed E-state index contributed by atoms with van der Waals surface area (Å²) in [5.74, 6) is -0.572. The number of halogens is 1. The summed E-state index contributed by atoms with van der Waals surface area (Å²) in [6.07, 6.45) is 0. The molecule has 14 heavy (non-hydrogen) atoms. The molecule has 0 aromatic heterocycles. The summed E-state index contributed by atoms with van der Waals surface area (Å²) in [6, 6.07) is 2.38. The van der Waals surface area contributed by atoms with Gasteiger partial charge in [-0.1, -0.05) is 15.9 Å². The van der Waals surface area contributed by atoms with Crippen LogP contribution in [0.15, 0.2) is 12.1 Å². The van der Waals surface area contributed by atoms with E-state index in [-0.39, 0.29) is 33.9 Å². The number of carbonyl (C=O) groups excluding carboxylic acids is 1. The quantitative estimate of drug-likeness (QED) is 0.641. The molecule has 0 amide bonds. The summed E-state index contributed by atoms with van der Waals surface area (Å²) in [7, 11) is 1.37. The first-order chi connectivity index (χ1) is 6.60. The fourth-order valence-corrected chi connectivity index (χ4v) is 1.32. The van der Waals surface area contributed by atoms with Crippen LogP contribution in [-0.2, 0) is 0 Å². The van der Waals surface area contributed by atoms with Gasteiger partial charge in [0.1, 0.15) is 5.75 Å². The molecule has 1 aromatic carbocycles. The van der Waals surface area contributed by atoms with Gasteiger partial charge in [0.2, 0.25) is 0 Å². The summed E-state index contributed by atoms with van der Waals surface area (Å²) in [6.45, 7) is 0. The number of carbonyl (C=O) groups is 1. The van der Waals surface area contributed by atoms with Gasteiger partial charge in [0, 0.05) is 6.07 Å². The Morgan fingerprint density at radius 3 is 2.57 bits per heavy atom. The number of rotatable bonds is 3. The number of benzene rings is 1. The maximum Gasteiger partial charge on any atom is 0.177 e. The molecule has 0 radical (unpaired) electrons. The van der Waals surface area contributed by atoms with Crippen molar-refractivity contribution in [2.45, 2.75) is 0 Å². The molecule has 76 valence electrons. The predicted octanol–water partition coefficient (Wildman–Crippen LogP) is 1.68. The number of ketones is 1. The lowest BCUT2D eigenvalue weighted by Crippen LogP contribution is -2.00. The Morgan fingerprint density at radius 2 is 2.07 bits per heavy atom. The Kier molecular flexibility index (Phi) is 3.35. The van der Waals surface area contributed by atoms with Crippen LogP contribution in [0, 0.1) is 0 Å². The van der Waals surface area contributed by atoms with Crippen LogP contribution in [0.2, 0.25) is 0 Å². The number of Topliss-reactive ketones (excluding diaryl/α,β-unsaturated/α-hetero) is 1. The average Bonchev–Trinajstić information content (AvgIpc) is 2.17. The summed E-state index contributed by atoms with van der Waals surface area (Å²) in [5, 5.41) is 18.7. The van der Waals surface area contributed by atoms with E-state index in [2.05, 4.69) is 15.9 Å². The third-order valence-corrected chi connectivity index (χ3v) is 2.23. The molecule has 0 aliphatic heterocycles. The molecule has 0 fully saturated rings. The lowest BCUT2D eigenvalue weighted by atomic mass is 10.1. The molecular weight excluding hydrogens is 252 g/mol. The number of methoxy groups -OCH3 is 1. The molecule has 0 spiro atoms. The van der Waals surface area contributed by atoms with Crippen LogP contribution in [0.5, 0.6) is 17.2 Å². The van der Waals surface area contributed by atoms with Gasteiger partial charge in [-0.15, -0.1) is 0 Å². The first-order valence-corrected chi connectivity index (χ1v) is 4.91. The lowest BCUT2D eigenvalue weighted by molar-refractivity contribution is 0.102. The minimum absolute atomic E-state index is 0.106. The van der Waals surface area contributed by atoms with Crippen LogP contribution in [0.4, 0.5) is 0 Å².